The summed E-state index contributed by atoms with van der Waals surface area (Å²) in [7, 11) is 0. The molecule has 7 heteroatoms. The SMILES string of the molecule is C[C@@H](O)[C@@]12C[C@]13c1cc(O)c4c(c1N[C@H]2C#C/C=C\C#C[C@H]3O)C(=O)c1cccc(CNc2ccccc2)c1C4=O. The molecule has 0 saturated heterocycles. The minimum atomic E-state index is -1.21. The lowest BCUT2D eigenvalue weighted by atomic mass is 9.69. The van der Waals surface area contributed by atoms with Crippen LogP contribution >= 0.6 is 0 Å². The van der Waals surface area contributed by atoms with Crippen LogP contribution in [0.5, 0.6) is 5.75 Å². The minimum Gasteiger partial charge on any atom is -0.507 e. The van der Waals surface area contributed by atoms with Crippen molar-refractivity contribution < 1.29 is 24.9 Å². The van der Waals surface area contributed by atoms with Gasteiger partial charge in [-0.25, -0.2) is 0 Å². The summed E-state index contributed by atoms with van der Waals surface area (Å²) in [4.78, 5) is 28.3. The molecule has 7 nitrogen and oxygen atoms in total. The molecule has 0 aromatic heterocycles. The highest BCUT2D eigenvalue weighted by atomic mass is 16.3. The van der Waals surface area contributed by atoms with Gasteiger partial charge in [0, 0.05) is 34.2 Å². The number of phenolic OH excluding ortho intramolecular Hbond substituents is 1. The van der Waals surface area contributed by atoms with Crippen molar-refractivity contribution >= 4 is 22.9 Å². The Morgan fingerprint density at radius 2 is 1.76 bits per heavy atom. The van der Waals surface area contributed by atoms with Crippen molar-refractivity contribution in [2.45, 2.75) is 43.6 Å². The predicted molar refractivity (Wildman–Crippen MR) is 154 cm³/mol. The molecule has 41 heavy (non-hydrogen) atoms. The molecule has 1 fully saturated rings. The first-order valence-corrected chi connectivity index (χ1v) is 13.5. The maximum atomic E-state index is 14.2. The Morgan fingerprint density at radius 1 is 1.00 bits per heavy atom. The third-order valence-corrected chi connectivity index (χ3v) is 9.11. The Bertz CT molecular complexity index is 1820. The van der Waals surface area contributed by atoms with E-state index in [0.29, 0.717) is 29.8 Å². The molecule has 2 bridgehead atoms. The molecule has 1 aliphatic heterocycles. The van der Waals surface area contributed by atoms with E-state index in [-0.39, 0.29) is 28.0 Å². The Kier molecular flexibility index (Phi) is 5.43. The zero-order valence-corrected chi connectivity index (χ0v) is 22.2. The first-order chi connectivity index (χ1) is 19.8. The van der Waals surface area contributed by atoms with E-state index >= 15 is 0 Å². The summed E-state index contributed by atoms with van der Waals surface area (Å²) in [5.41, 5.74) is 0.744. The van der Waals surface area contributed by atoms with Gasteiger partial charge in [0.2, 0.25) is 0 Å². The van der Waals surface area contributed by atoms with Crippen molar-refractivity contribution in [1.29, 1.82) is 0 Å². The van der Waals surface area contributed by atoms with Crippen molar-refractivity contribution in [3.8, 4) is 29.4 Å². The fraction of sp³-hybridized carbons (Fsp3) is 0.235. The number of allylic oxidation sites excluding steroid dienone is 2. The zero-order valence-electron chi connectivity index (χ0n) is 22.2. The highest BCUT2D eigenvalue weighted by Crippen LogP contribution is 2.74. The number of phenols is 1. The topological polar surface area (TPSA) is 119 Å². The third-order valence-electron chi connectivity index (χ3n) is 9.11. The van der Waals surface area contributed by atoms with E-state index in [1.165, 1.54) is 6.07 Å². The number of nitrogens with one attached hydrogen (secondary N) is 2. The Labute approximate surface area is 236 Å². The summed E-state index contributed by atoms with van der Waals surface area (Å²) in [6.45, 7) is 1.96. The van der Waals surface area contributed by atoms with Gasteiger partial charge in [0.15, 0.2) is 11.6 Å². The van der Waals surface area contributed by atoms with Crippen LogP contribution < -0.4 is 10.6 Å². The molecule has 4 aliphatic rings. The van der Waals surface area contributed by atoms with E-state index < -0.39 is 40.6 Å². The second-order valence-electron chi connectivity index (χ2n) is 11.0. The third kappa shape index (κ3) is 3.31. The molecule has 0 unspecified atom stereocenters. The molecule has 5 atom stereocenters. The van der Waals surface area contributed by atoms with Crippen molar-refractivity contribution in [3.63, 3.8) is 0 Å². The van der Waals surface area contributed by atoms with E-state index in [1.54, 1.807) is 37.3 Å². The number of carbonyl (C=O) groups is 2. The van der Waals surface area contributed by atoms with Crippen LogP contribution in [0.15, 0.2) is 66.7 Å². The second-order valence-corrected chi connectivity index (χ2v) is 11.0. The van der Waals surface area contributed by atoms with Crippen LogP contribution in [-0.4, -0.2) is 45.1 Å². The molecule has 1 heterocycles. The highest BCUT2D eigenvalue weighted by molar-refractivity contribution is 6.32. The number of hydrogen-bond donors (Lipinski definition) is 5. The average molecular weight is 543 g/mol. The normalized spacial score (nSPS) is 27.6. The fourth-order valence-corrected chi connectivity index (χ4v) is 7.13. The van der Waals surface area contributed by atoms with E-state index in [0.717, 1.165) is 5.69 Å². The van der Waals surface area contributed by atoms with E-state index in [1.807, 2.05) is 30.3 Å². The number of ketones is 2. The number of fused-ring (bicyclic) bond motifs is 4. The molecular formula is C34H26N2O5. The summed E-state index contributed by atoms with van der Waals surface area (Å²) in [5.74, 6) is 10.6. The number of benzene rings is 3. The zero-order chi connectivity index (χ0) is 28.5. The summed E-state index contributed by atoms with van der Waals surface area (Å²) in [6, 6.07) is 15.5. The summed E-state index contributed by atoms with van der Waals surface area (Å²) in [6.07, 6.45) is 1.36. The largest absolute Gasteiger partial charge is 0.507 e. The molecular weight excluding hydrogens is 516 g/mol. The van der Waals surface area contributed by atoms with Gasteiger partial charge in [0.05, 0.1) is 29.0 Å². The molecule has 5 N–H and O–H groups in total. The lowest BCUT2D eigenvalue weighted by Crippen LogP contribution is -2.50. The van der Waals surface area contributed by atoms with Gasteiger partial charge in [-0.2, -0.15) is 0 Å². The number of aliphatic hydroxyl groups excluding tert-OH is 2. The molecule has 7 rings (SSSR count). The summed E-state index contributed by atoms with van der Waals surface area (Å²) < 4.78 is 0. The van der Waals surface area contributed by atoms with Crippen LogP contribution in [0, 0.1) is 29.1 Å². The van der Waals surface area contributed by atoms with Gasteiger partial charge >= 0.3 is 0 Å². The second kappa shape index (κ2) is 8.84. The highest BCUT2D eigenvalue weighted by Gasteiger charge is 2.79. The molecule has 0 radical (unpaired) electrons. The Morgan fingerprint density at radius 3 is 2.51 bits per heavy atom. The molecule has 3 aromatic rings. The van der Waals surface area contributed by atoms with Crippen LogP contribution in [0.25, 0.3) is 0 Å². The number of aliphatic hydroxyl groups is 2. The predicted octanol–water partition coefficient (Wildman–Crippen LogP) is 3.52. The van der Waals surface area contributed by atoms with Crippen molar-refractivity contribution in [2.24, 2.45) is 5.41 Å². The van der Waals surface area contributed by atoms with Crippen molar-refractivity contribution in [1.82, 2.24) is 0 Å². The molecule has 0 amide bonds. The number of aromatic hydroxyl groups is 1. The van der Waals surface area contributed by atoms with Gasteiger partial charge in [-0.1, -0.05) is 60.1 Å². The number of anilines is 2. The minimum absolute atomic E-state index is 0.0516. The lowest BCUT2D eigenvalue weighted by Gasteiger charge is -2.42. The quantitative estimate of drug-likeness (QED) is 0.198. The monoisotopic (exact) mass is 542 g/mol. The maximum Gasteiger partial charge on any atom is 0.198 e. The summed E-state index contributed by atoms with van der Waals surface area (Å²) in [5, 5.41) is 40.4. The average Bonchev–Trinajstić information content (AvgIpc) is 3.70. The van der Waals surface area contributed by atoms with E-state index in [9.17, 15) is 24.9 Å². The van der Waals surface area contributed by atoms with Crippen LogP contribution in [-0.2, 0) is 12.0 Å². The van der Waals surface area contributed by atoms with Gasteiger partial charge < -0.3 is 26.0 Å². The molecule has 202 valence electrons. The Balaban J connectivity index is 1.40. The van der Waals surface area contributed by atoms with Crippen LogP contribution in [0.2, 0.25) is 0 Å². The Hall–Kier alpha value is -4.82. The standard InChI is InChI=1S/C34H26N2O5/c1-19(37)33-18-34(33)23-16-24(38)28-29(30(23)36-25(33)14-7-2-3-8-15-26(34)39)31(40)22-13-9-10-20(27(22)32(28)41)17-35-21-11-5-4-6-12-21/h2-6,9-13,16,19,25-26,35-39H,17-18H2,1H3/b3-2-/t19-,25+,26-,33-,34-/m1/s1. The first kappa shape index (κ1) is 25.2. The molecule has 0 spiro atoms. The van der Waals surface area contributed by atoms with Crippen LogP contribution in [0.3, 0.4) is 0 Å². The van der Waals surface area contributed by atoms with Crippen LogP contribution in [0.4, 0.5) is 11.4 Å². The smallest absolute Gasteiger partial charge is 0.198 e. The van der Waals surface area contributed by atoms with E-state index in [2.05, 4.69) is 34.3 Å². The number of rotatable bonds is 4. The van der Waals surface area contributed by atoms with E-state index in [4.69, 9.17) is 0 Å². The summed E-state index contributed by atoms with van der Waals surface area (Å²) >= 11 is 0. The number of para-hydroxylation sites is 1. The molecule has 3 aromatic carbocycles. The van der Waals surface area contributed by atoms with Crippen molar-refractivity contribution in [3.05, 3.63) is 100 Å². The lowest BCUT2D eigenvalue weighted by molar-refractivity contribution is 0.0603. The fourth-order valence-electron chi connectivity index (χ4n) is 7.13. The van der Waals surface area contributed by atoms with Gasteiger partial charge in [-0.3, -0.25) is 9.59 Å². The molecule has 1 saturated carbocycles. The van der Waals surface area contributed by atoms with Gasteiger partial charge in [-0.15, -0.1) is 0 Å². The first-order valence-electron chi connectivity index (χ1n) is 13.5. The van der Waals surface area contributed by atoms with Crippen LogP contribution in [0.1, 0.15) is 56.3 Å². The van der Waals surface area contributed by atoms with Gasteiger partial charge in [-0.05, 0) is 54.8 Å². The van der Waals surface area contributed by atoms with Gasteiger partial charge in [0.25, 0.3) is 0 Å². The van der Waals surface area contributed by atoms with Crippen molar-refractivity contribution in [2.75, 3.05) is 10.6 Å². The van der Waals surface area contributed by atoms with Gasteiger partial charge in [0.1, 0.15) is 11.9 Å². The maximum absolute atomic E-state index is 14.2. The number of carbonyl (C=O) groups excluding carboxylic acids is 2. The molecule has 3 aliphatic carbocycles. The number of hydrogen-bond acceptors (Lipinski definition) is 7.